The first-order chi connectivity index (χ1) is 7.03. The Bertz CT molecular complexity index is 335. The number of pyridine rings is 1. The van der Waals surface area contributed by atoms with E-state index in [0.717, 1.165) is 12.2 Å². The number of nitrogens with one attached hydrogen (secondary N) is 1. The van der Waals surface area contributed by atoms with Gasteiger partial charge in [-0.15, -0.1) is 0 Å². The van der Waals surface area contributed by atoms with Crippen molar-refractivity contribution < 1.29 is 0 Å². The fourth-order valence-corrected chi connectivity index (χ4v) is 1.71. The molecule has 82 valence electrons. The Balaban J connectivity index is 2.04. The van der Waals surface area contributed by atoms with Crippen molar-refractivity contribution in [3.63, 3.8) is 0 Å². The van der Waals surface area contributed by atoms with Crippen LogP contribution in [0.1, 0.15) is 39.2 Å². The summed E-state index contributed by atoms with van der Waals surface area (Å²) in [5.74, 6) is 1.04. The minimum Gasteiger partial charge on any atom is -0.367 e. The van der Waals surface area contributed by atoms with E-state index in [9.17, 15) is 0 Å². The van der Waals surface area contributed by atoms with Gasteiger partial charge in [0.2, 0.25) is 0 Å². The summed E-state index contributed by atoms with van der Waals surface area (Å²) in [7, 11) is 0. The summed E-state index contributed by atoms with van der Waals surface area (Å²) in [6.45, 7) is 6.80. The van der Waals surface area contributed by atoms with E-state index in [2.05, 4.69) is 43.2 Å². The zero-order valence-electron chi connectivity index (χ0n) is 9.88. The molecule has 2 heteroatoms. The van der Waals surface area contributed by atoms with Gasteiger partial charge in [-0.3, -0.25) is 0 Å². The molecule has 0 aromatic carbocycles. The van der Waals surface area contributed by atoms with Gasteiger partial charge in [0, 0.05) is 12.2 Å². The summed E-state index contributed by atoms with van der Waals surface area (Å²) in [6.07, 6.45) is 5.61. The normalized spacial score (nSPS) is 16.5. The van der Waals surface area contributed by atoms with Crippen molar-refractivity contribution in [1.82, 2.24) is 4.98 Å². The summed E-state index contributed by atoms with van der Waals surface area (Å²) in [5, 5.41) is 3.43. The van der Waals surface area contributed by atoms with Crippen LogP contribution >= 0.6 is 0 Å². The summed E-state index contributed by atoms with van der Waals surface area (Å²) in [6, 6.07) is 4.98. The molecule has 0 atom stereocenters. The molecule has 0 unspecified atom stereocenters. The first-order valence-corrected chi connectivity index (χ1v) is 5.74. The fourth-order valence-electron chi connectivity index (χ4n) is 1.71. The van der Waals surface area contributed by atoms with Crippen LogP contribution in [-0.2, 0) is 6.42 Å². The molecule has 0 amide bonds. The maximum Gasteiger partial charge on any atom is 0.126 e. The molecule has 0 spiro atoms. The van der Waals surface area contributed by atoms with E-state index in [1.807, 2.05) is 6.20 Å². The predicted octanol–water partition coefficient (Wildman–Crippen LogP) is 3.24. The molecular weight excluding hydrogens is 184 g/mol. The Hall–Kier alpha value is -1.05. The number of anilines is 1. The predicted molar refractivity (Wildman–Crippen MR) is 64.0 cm³/mol. The quantitative estimate of drug-likeness (QED) is 0.817. The van der Waals surface area contributed by atoms with Crippen LogP contribution in [0, 0.1) is 5.41 Å². The lowest BCUT2D eigenvalue weighted by Crippen LogP contribution is -2.10. The minimum absolute atomic E-state index is 0.345. The highest BCUT2D eigenvalue weighted by atomic mass is 15.0. The van der Waals surface area contributed by atoms with E-state index < -0.39 is 0 Å². The van der Waals surface area contributed by atoms with Crippen molar-refractivity contribution in [1.29, 1.82) is 0 Å². The molecule has 1 aromatic heterocycles. The van der Waals surface area contributed by atoms with E-state index >= 15 is 0 Å². The molecule has 1 heterocycles. The molecule has 0 radical (unpaired) electrons. The van der Waals surface area contributed by atoms with Crippen molar-refractivity contribution >= 4 is 5.82 Å². The number of aromatic nitrogens is 1. The molecule has 1 aliphatic rings. The van der Waals surface area contributed by atoms with E-state index in [1.54, 1.807) is 0 Å². The van der Waals surface area contributed by atoms with Gasteiger partial charge in [0.15, 0.2) is 0 Å². The summed E-state index contributed by atoms with van der Waals surface area (Å²) >= 11 is 0. The third-order valence-corrected chi connectivity index (χ3v) is 2.49. The van der Waals surface area contributed by atoms with Gasteiger partial charge in [-0.05, 0) is 42.4 Å². The topological polar surface area (TPSA) is 24.9 Å². The van der Waals surface area contributed by atoms with E-state index in [0.29, 0.717) is 11.5 Å². The van der Waals surface area contributed by atoms with Gasteiger partial charge in [-0.25, -0.2) is 4.98 Å². The van der Waals surface area contributed by atoms with Crippen LogP contribution in [0.2, 0.25) is 0 Å². The molecular formula is C13H20N2. The van der Waals surface area contributed by atoms with Crippen molar-refractivity contribution in [2.45, 2.75) is 46.1 Å². The molecule has 1 N–H and O–H groups in total. The van der Waals surface area contributed by atoms with Crippen molar-refractivity contribution in [2.75, 3.05) is 5.32 Å². The third kappa shape index (κ3) is 3.54. The fraction of sp³-hybridized carbons (Fsp3) is 0.615. The molecule has 2 rings (SSSR count). The lowest BCUT2D eigenvalue weighted by atomic mass is 9.88. The largest absolute Gasteiger partial charge is 0.367 e. The maximum absolute atomic E-state index is 4.34. The van der Waals surface area contributed by atoms with Crippen LogP contribution in [0.5, 0.6) is 0 Å². The zero-order valence-corrected chi connectivity index (χ0v) is 9.88. The Morgan fingerprint density at radius 2 is 2.13 bits per heavy atom. The molecule has 0 bridgehead atoms. The van der Waals surface area contributed by atoms with Crippen molar-refractivity contribution in [3.8, 4) is 0 Å². The van der Waals surface area contributed by atoms with Crippen LogP contribution in [0.3, 0.4) is 0 Å². The van der Waals surface area contributed by atoms with Gasteiger partial charge < -0.3 is 5.32 Å². The average molecular weight is 204 g/mol. The number of rotatable bonds is 3. The molecule has 1 saturated carbocycles. The van der Waals surface area contributed by atoms with Gasteiger partial charge >= 0.3 is 0 Å². The standard InChI is InChI=1S/C13H20N2/c1-13(2,3)9-10-6-7-14-12(8-10)15-11-4-5-11/h6-8,11H,4-5,9H2,1-3H3,(H,14,15). The van der Waals surface area contributed by atoms with Gasteiger partial charge in [0.1, 0.15) is 5.82 Å². The molecule has 2 nitrogen and oxygen atoms in total. The number of nitrogens with zero attached hydrogens (tertiary/aromatic N) is 1. The van der Waals surface area contributed by atoms with Crippen LogP contribution in [0.25, 0.3) is 0 Å². The highest BCUT2D eigenvalue weighted by molar-refractivity contribution is 5.39. The Morgan fingerprint density at radius 1 is 1.40 bits per heavy atom. The second-order valence-corrected chi connectivity index (χ2v) is 5.71. The first-order valence-electron chi connectivity index (χ1n) is 5.74. The van der Waals surface area contributed by atoms with Crippen molar-refractivity contribution in [2.24, 2.45) is 5.41 Å². The molecule has 15 heavy (non-hydrogen) atoms. The van der Waals surface area contributed by atoms with Gasteiger partial charge in [0.05, 0.1) is 0 Å². The Labute approximate surface area is 92.1 Å². The summed E-state index contributed by atoms with van der Waals surface area (Å²) in [5.41, 5.74) is 1.72. The monoisotopic (exact) mass is 204 g/mol. The zero-order chi connectivity index (χ0) is 10.9. The van der Waals surface area contributed by atoms with E-state index in [4.69, 9.17) is 0 Å². The van der Waals surface area contributed by atoms with E-state index in [1.165, 1.54) is 18.4 Å². The van der Waals surface area contributed by atoms with Crippen LogP contribution in [0.15, 0.2) is 18.3 Å². The number of hydrogen-bond donors (Lipinski definition) is 1. The molecule has 0 saturated heterocycles. The average Bonchev–Trinajstić information content (AvgIpc) is 2.85. The third-order valence-electron chi connectivity index (χ3n) is 2.49. The highest BCUT2D eigenvalue weighted by Crippen LogP contribution is 2.25. The van der Waals surface area contributed by atoms with Gasteiger partial charge in [-0.2, -0.15) is 0 Å². The van der Waals surface area contributed by atoms with Crippen LogP contribution in [-0.4, -0.2) is 11.0 Å². The Morgan fingerprint density at radius 3 is 2.73 bits per heavy atom. The Kier molecular flexibility index (Phi) is 2.68. The van der Waals surface area contributed by atoms with Gasteiger partial charge in [-0.1, -0.05) is 20.8 Å². The molecule has 1 fully saturated rings. The van der Waals surface area contributed by atoms with Crippen LogP contribution < -0.4 is 5.32 Å². The lowest BCUT2D eigenvalue weighted by Gasteiger charge is -2.18. The minimum atomic E-state index is 0.345. The summed E-state index contributed by atoms with van der Waals surface area (Å²) < 4.78 is 0. The number of hydrogen-bond acceptors (Lipinski definition) is 2. The molecule has 1 aromatic rings. The van der Waals surface area contributed by atoms with E-state index in [-0.39, 0.29) is 0 Å². The lowest BCUT2D eigenvalue weighted by molar-refractivity contribution is 0.411. The second kappa shape index (κ2) is 3.84. The summed E-state index contributed by atoms with van der Waals surface area (Å²) in [4.78, 5) is 4.34. The maximum atomic E-state index is 4.34. The van der Waals surface area contributed by atoms with Crippen LogP contribution in [0.4, 0.5) is 5.82 Å². The molecule has 0 aliphatic heterocycles. The highest BCUT2D eigenvalue weighted by Gasteiger charge is 2.21. The van der Waals surface area contributed by atoms with Gasteiger partial charge in [0.25, 0.3) is 0 Å². The second-order valence-electron chi connectivity index (χ2n) is 5.71. The first kappa shape index (κ1) is 10.5. The SMILES string of the molecule is CC(C)(C)Cc1ccnc(NC2CC2)c1. The molecule has 1 aliphatic carbocycles. The smallest absolute Gasteiger partial charge is 0.126 e. The van der Waals surface area contributed by atoms with Crippen molar-refractivity contribution in [3.05, 3.63) is 23.9 Å².